The minimum atomic E-state index is -0.0891. The molecular formula is C18H18N2O2. The standard InChI is InChI=1S/C18H18N2O2/c1-4-22-15-7-5-14(6-8-15)18(21)20-11-19-16-9-12(2)13(3)10-17(16)20/h5-11H,4H2,1-3H3. The molecule has 0 spiro atoms. The van der Waals surface area contributed by atoms with Gasteiger partial charge in [0, 0.05) is 5.56 Å². The van der Waals surface area contributed by atoms with E-state index >= 15 is 0 Å². The van der Waals surface area contributed by atoms with Gasteiger partial charge < -0.3 is 4.74 Å². The molecule has 0 aliphatic rings. The molecule has 3 rings (SSSR count). The fourth-order valence-electron chi connectivity index (χ4n) is 2.43. The van der Waals surface area contributed by atoms with Crippen molar-refractivity contribution in [1.82, 2.24) is 9.55 Å². The number of carbonyl (C=O) groups excluding carboxylic acids is 1. The summed E-state index contributed by atoms with van der Waals surface area (Å²) in [4.78, 5) is 17.0. The average Bonchev–Trinajstić information content (AvgIpc) is 2.91. The van der Waals surface area contributed by atoms with Crippen LogP contribution < -0.4 is 4.74 Å². The Hall–Kier alpha value is -2.62. The predicted octanol–water partition coefficient (Wildman–Crippen LogP) is 3.74. The molecule has 0 unspecified atom stereocenters. The Morgan fingerprint density at radius 1 is 1.14 bits per heavy atom. The van der Waals surface area contributed by atoms with Crippen LogP contribution in [0.3, 0.4) is 0 Å². The third-order valence-corrected chi connectivity index (χ3v) is 3.79. The van der Waals surface area contributed by atoms with Crippen molar-refractivity contribution in [3.63, 3.8) is 0 Å². The largest absolute Gasteiger partial charge is 0.494 e. The number of fused-ring (bicyclic) bond motifs is 1. The number of rotatable bonds is 3. The van der Waals surface area contributed by atoms with Crippen molar-refractivity contribution in [1.29, 1.82) is 0 Å². The van der Waals surface area contributed by atoms with Gasteiger partial charge in [0.1, 0.15) is 12.1 Å². The van der Waals surface area contributed by atoms with Gasteiger partial charge in [-0.2, -0.15) is 0 Å². The summed E-state index contributed by atoms with van der Waals surface area (Å²) in [6, 6.07) is 11.2. The smallest absolute Gasteiger partial charge is 0.263 e. The molecule has 0 aliphatic carbocycles. The Morgan fingerprint density at radius 2 is 1.82 bits per heavy atom. The maximum Gasteiger partial charge on any atom is 0.263 e. The average molecular weight is 294 g/mol. The van der Waals surface area contributed by atoms with Crippen LogP contribution >= 0.6 is 0 Å². The van der Waals surface area contributed by atoms with Gasteiger partial charge in [-0.15, -0.1) is 0 Å². The minimum absolute atomic E-state index is 0.0891. The second-order valence-electron chi connectivity index (χ2n) is 5.30. The fraction of sp³-hybridized carbons (Fsp3) is 0.222. The van der Waals surface area contributed by atoms with Crippen molar-refractivity contribution in [2.24, 2.45) is 0 Å². The van der Waals surface area contributed by atoms with E-state index in [9.17, 15) is 4.79 Å². The highest BCUT2D eigenvalue weighted by atomic mass is 16.5. The molecule has 1 aromatic heterocycles. The third-order valence-electron chi connectivity index (χ3n) is 3.79. The maximum atomic E-state index is 12.7. The molecule has 2 aromatic carbocycles. The number of benzene rings is 2. The Kier molecular flexibility index (Phi) is 3.67. The van der Waals surface area contributed by atoms with E-state index in [2.05, 4.69) is 4.98 Å². The quantitative estimate of drug-likeness (QED) is 0.739. The summed E-state index contributed by atoms with van der Waals surface area (Å²) in [5, 5.41) is 0. The van der Waals surface area contributed by atoms with Crippen LogP contribution in [0.15, 0.2) is 42.7 Å². The van der Waals surface area contributed by atoms with Crippen LogP contribution in [-0.2, 0) is 0 Å². The zero-order valence-electron chi connectivity index (χ0n) is 13.0. The first kappa shape index (κ1) is 14.3. The van der Waals surface area contributed by atoms with Gasteiger partial charge in [0.05, 0.1) is 17.6 Å². The summed E-state index contributed by atoms with van der Waals surface area (Å²) < 4.78 is 6.99. The zero-order chi connectivity index (χ0) is 15.7. The minimum Gasteiger partial charge on any atom is -0.494 e. The van der Waals surface area contributed by atoms with Crippen molar-refractivity contribution in [2.45, 2.75) is 20.8 Å². The van der Waals surface area contributed by atoms with Crippen LogP contribution in [0.2, 0.25) is 0 Å². The summed E-state index contributed by atoms with van der Waals surface area (Å²) in [5.74, 6) is 0.676. The molecule has 112 valence electrons. The summed E-state index contributed by atoms with van der Waals surface area (Å²) in [5.41, 5.74) is 4.60. The lowest BCUT2D eigenvalue weighted by Gasteiger charge is -2.07. The molecule has 0 N–H and O–H groups in total. The van der Waals surface area contributed by atoms with Crippen LogP contribution in [0, 0.1) is 13.8 Å². The first-order valence-corrected chi connectivity index (χ1v) is 7.32. The van der Waals surface area contributed by atoms with Crippen molar-refractivity contribution in [2.75, 3.05) is 6.61 Å². The SMILES string of the molecule is CCOc1ccc(C(=O)n2cnc3cc(C)c(C)cc32)cc1. The van der Waals surface area contributed by atoms with Crippen molar-refractivity contribution < 1.29 is 9.53 Å². The van der Waals surface area contributed by atoms with Crippen molar-refractivity contribution >= 4 is 16.9 Å². The van der Waals surface area contributed by atoms with Gasteiger partial charge in [0.25, 0.3) is 5.91 Å². The summed E-state index contributed by atoms with van der Waals surface area (Å²) >= 11 is 0. The molecule has 1 heterocycles. The monoisotopic (exact) mass is 294 g/mol. The number of nitrogens with zero attached hydrogens (tertiary/aromatic N) is 2. The second kappa shape index (κ2) is 5.64. The molecule has 0 radical (unpaired) electrons. The Labute approximate surface area is 129 Å². The molecule has 22 heavy (non-hydrogen) atoms. The molecule has 0 fully saturated rings. The highest BCUT2D eigenvalue weighted by Crippen LogP contribution is 2.20. The van der Waals surface area contributed by atoms with E-state index in [-0.39, 0.29) is 5.91 Å². The highest BCUT2D eigenvalue weighted by molar-refractivity contribution is 6.01. The maximum absolute atomic E-state index is 12.7. The van der Waals surface area contributed by atoms with Gasteiger partial charge in [-0.1, -0.05) is 0 Å². The van der Waals surface area contributed by atoms with E-state index in [0.29, 0.717) is 12.2 Å². The van der Waals surface area contributed by atoms with Gasteiger partial charge >= 0.3 is 0 Å². The van der Waals surface area contributed by atoms with E-state index < -0.39 is 0 Å². The lowest BCUT2D eigenvalue weighted by Crippen LogP contribution is -2.10. The van der Waals surface area contributed by atoms with E-state index in [1.165, 1.54) is 5.56 Å². The van der Waals surface area contributed by atoms with Crippen LogP contribution in [0.4, 0.5) is 0 Å². The molecule has 4 nitrogen and oxygen atoms in total. The summed E-state index contributed by atoms with van der Waals surface area (Å²) in [6.45, 7) is 6.62. The molecule has 4 heteroatoms. The molecule has 0 saturated carbocycles. The van der Waals surface area contributed by atoms with Gasteiger partial charge in [-0.3, -0.25) is 9.36 Å². The molecule has 0 saturated heterocycles. The van der Waals surface area contributed by atoms with E-state index in [0.717, 1.165) is 22.3 Å². The lowest BCUT2D eigenvalue weighted by molar-refractivity contribution is 0.0964. The number of hydrogen-bond donors (Lipinski definition) is 0. The van der Waals surface area contributed by atoms with Crippen LogP contribution in [0.1, 0.15) is 28.4 Å². The third kappa shape index (κ3) is 2.48. The number of ether oxygens (including phenoxy) is 1. The number of imidazole rings is 1. The number of hydrogen-bond acceptors (Lipinski definition) is 3. The van der Waals surface area contributed by atoms with Crippen LogP contribution in [0.5, 0.6) is 5.75 Å². The van der Waals surface area contributed by atoms with E-state index in [1.54, 1.807) is 23.0 Å². The molecule has 0 bridgehead atoms. The van der Waals surface area contributed by atoms with Gasteiger partial charge in [0.15, 0.2) is 0 Å². The van der Waals surface area contributed by atoms with Crippen LogP contribution in [0.25, 0.3) is 11.0 Å². The van der Waals surface area contributed by atoms with Gasteiger partial charge in [-0.25, -0.2) is 4.98 Å². The first-order valence-electron chi connectivity index (χ1n) is 7.32. The Balaban J connectivity index is 1.99. The molecule has 0 amide bonds. The van der Waals surface area contributed by atoms with Crippen LogP contribution in [-0.4, -0.2) is 22.1 Å². The Bertz CT molecular complexity index is 832. The number of aryl methyl sites for hydroxylation is 2. The Morgan fingerprint density at radius 3 is 2.50 bits per heavy atom. The number of aromatic nitrogens is 2. The molecular weight excluding hydrogens is 276 g/mol. The van der Waals surface area contributed by atoms with Crippen molar-refractivity contribution in [3.05, 3.63) is 59.4 Å². The topological polar surface area (TPSA) is 44.1 Å². The summed E-state index contributed by atoms with van der Waals surface area (Å²) in [6.07, 6.45) is 1.59. The molecule has 3 aromatic rings. The lowest BCUT2D eigenvalue weighted by atomic mass is 10.1. The number of carbonyl (C=O) groups is 1. The van der Waals surface area contributed by atoms with Gasteiger partial charge in [0.2, 0.25) is 0 Å². The highest BCUT2D eigenvalue weighted by Gasteiger charge is 2.13. The predicted molar refractivity (Wildman–Crippen MR) is 86.5 cm³/mol. The molecule has 0 atom stereocenters. The second-order valence-corrected chi connectivity index (χ2v) is 5.30. The van der Waals surface area contributed by atoms with E-state index in [1.807, 2.05) is 45.0 Å². The summed E-state index contributed by atoms with van der Waals surface area (Å²) in [7, 11) is 0. The molecule has 0 aliphatic heterocycles. The normalized spacial score (nSPS) is 10.9. The van der Waals surface area contributed by atoms with Crippen molar-refractivity contribution in [3.8, 4) is 5.75 Å². The fourth-order valence-corrected chi connectivity index (χ4v) is 2.43. The first-order chi connectivity index (χ1) is 10.6. The van der Waals surface area contributed by atoms with E-state index in [4.69, 9.17) is 4.74 Å². The zero-order valence-corrected chi connectivity index (χ0v) is 13.0. The van der Waals surface area contributed by atoms with Gasteiger partial charge in [-0.05, 0) is 68.3 Å².